The number of hydrogen-bond acceptors (Lipinski definition) is 7. The van der Waals surface area contributed by atoms with Gasteiger partial charge in [-0.3, -0.25) is 10.1 Å². The van der Waals surface area contributed by atoms with Crippen LogP contribution < -0.4 is 5.73 Å². The maximum atomic E-state index is 11.7. The fraction of sp³-hybridized carbons (Fsp3) is 0.273. The molecule has 0 aliphatic carbocycles. The number of nitrogen functional groups attached to an aromatic ring is 1. The van der Waals surface area contributed by atoms with E-state index in [4.69, 9.17) is 10.5 Å². The van der Waals surface area contributed by atoms with Crippen LogP contribution in [0, 0.1) is 10.1 Å². The summed E-state index contributed by atoms with van der Waals surface area (Å²) in [4.78, 5) is 32.9. The first-order valence-electron chi connectivity index (χ1n) is 5.40. The molecule has 0 bridgehead atoms. The van der Waals surface area contributed by atoms with Crippen LogP contribution in [0.2, 0.25) is 0 Å². The highest BCUT2D eigenvalue weighted by Gasteiger charge is 2.31. The van der Waals surface area contributed by atoms with Gasteiger partial charge >= 0.3 is 11.9 Å². The van der Waals surface area contributed by atoms with Crippen LogP contribution in [-0.2, 0) is 14.3 Å². The second-order valence-corrected chi connectivity index (χ2v) is 3.88. The van der Waals surface area contributed by atoms with Gasteiger partial charge in [-0.2, -0.15) is 0 Å². The molecular formula is C11H10N2O6. The van der Waals surface area contributed by atoms with Gasteiger partial charge in [0.05, 0.1) is 17.1 Å². The van der Waals surface area contributed by atoms with E-state index in [0.29, 0.717) is 0 Å². The molecule has 1 aliphatic rings. The average Bonchev–Trinajstić information content (AvgIpc) is 2.75. The lowest BCUT2D eigenvalue weighted by Gasteiger charge is -2.08. The summed E-state index contributed by atoms with van der Waals surface area (Å²) in [5.41, 5.74) is 4.93. The number of carbonyl (C=O) groups excluding carboxylic acids is 2. The Balaban J connectivity index is 2.17. The molecule has 1 aromatic carbocycles. The first kappa shape index (κ1) is 12.8. The molecule has 0 saturated carbocycles. The number of nitro groups is 1. The largest absolute Gasteiger partial charge is 0.463 e. The number of esters is 2. The summed E-state index contributed by atoms with van der Waals surface area (Å²) in [6.07, 6.45) is -0.675. The molecule has 0 unspecified atom stereocenters. The van der Waals surface area contributed by atoms with Crippen LogP contribution in [-0.4, -0.2) is 29.6 Å². The number of rotatable bonds is 3. The number of nitrogens with two attached hydrogens (primary N) is 1. The van der Waals surface area contributed by atoms with Crippen LogP contribution in [0.4, 0.5) is 11.4 Å². The summed E-state index contributed by atoms with van der Waals surface area (Å²) in [6.45, 7) is 0.193. The standard InChI is InChI=1S/C11H10N2O6/c12-7-2-1-6(5-8(7)13(16)17)10(14)19-9-3-4-18-11(9)15/h1-2,5,9H,3-4,12H2/t9-/m0/s1. The minimum absolute atomic E-state index is 0.0411. The molecule has 1 atom stereocenters. The van der Waals surface area contributed by atoms with Gasteiger partial charge in [-0.05, 0) is 12.1 Å². The Morgan fingerprint density at radius 2 is 2.26 bits per heavy atom. The number of nitrogens with zero attached hydrogens (tertiary/aromatic N) is 1. The van der Waals surface area contributed by atoms with Crippen LogP contribution in [0.15, 0.2) is 18.2 Å². The van der Waals surface area contributed by atoms with Gasteiger partial charge in [0.1, 0.15) is 5.69 Å². The van der Waals surface area contributed by atoms with E-state index >= 15 is 0 Å². The Kier molecular flexibility index (Phi) is 3.32. The predicted molar refractivity (Wildman–Crippen MR) is 62.3 cm³/mol. The smallest absolute Gasteiger partial charge is 0.347 e. The fourth-order valence-corrected chi connectivity index (χ4v) is 1.61. The third kappa shape index (κ3) is 2.62. The maximum absolute atomic E-state index is 11.7. The van der Waals surface area contributed by atoms with Gasteiger partial charge in [-0.1, -0.05) is 0 Å². The monoisotopic (exact) mass is 266 g/mol. The minimum atomic E-state index is -0.955. The van der Waals surface area contributed by atoms with Gasteiger partial charge in [-0.15, -0.1) is 0 Å². The highest BCUT2D eigenvalue weighted by Crippen LogP contribution is 2.23. The zero-order valence-corrected chi connectivity index (χ0v) is 9.70. The number of anilines is 1. The van der Waals surface area contributed by atoms with E-state index in [9.17, 15) is 19.7 Å². The minimum Gasteiger partial charge on any atom is -0.463 e. The third-order valence-electron chi connectivity index (χ3n) is 2.60. The Morgan fingerprint density at radius 1 is 1.53 bits per heavy atom. The molecule has 1 saturated heterocycles. The second-order valence-electron chi connectivity index (χ2n) is 3.88. The van der Waals surface area contributed by atoms with E-state index in [1.54, 1.807) is 0 Å². The lowest BCUT2D eigenvalue weighted by Crippen LogP contribution is -2.22. The summed E-state index contributed by atoms with van der Waals surface area (Å²) in [6, 6.07) is 3.55. The van der Waals surface area contributed by atoms with E-state index in [-0.39, 0.29) is 30.0 Å². The summed E-state index contributed by atoms with van der Waals surface area (Å²) in [5, 5.41) is 10.7. The van der Waals surface area contributed by atoms with Crippen molar-refractivity contribution >= 4 is 23.3 Å². The predicted octanol–water partition coefficient (Wildman–Crippen LogP) is 0.649. The Hall–Kier alpha value is -2.64. The van der Waals surface area contributed by atoms with Crippen molar-refractivity contribution in [1.29, 1.82) is 0 Å². The van der Waals surface area contributed by atoms with Crippen molar-refractivity contribution in [3.8, 4) is 0 Å². The highest BCUT2D eigenvalue weighted by atomic mass is 16.6. The average molecular weight is 266 g/mol. The molecule has 1 fully saturated rings. The molecule has 8 heteroatoms. The second kappa shape index (κ2) is 4.92. The number of benzene rings is 1. The van der Waals surface area contributed by atoms with Gasteiger partial charge in [0.15, 0.2) is 0 Å². The van der Waals surface area contributed by atoms with Gasteiger partial charge in [0.25, 0.3) is 5.69 Å². The van der Waals surface area contributed by atoms with Gasteiger partial charge in [0.2, 0.25) is 6.10 Å². The summed E-state index contributed by atoms with van der Waals surface area (Å²) >= 11 is 0. The molecule has 0 radical (unpaired) electrons. The lowest BCUT2D eigenvalue weighted by molar-refractivity contribution is -0.383. The van der Waals surface area contributed by atoms with E-state index in [1.165, 1.54) is 12.1 Å². The Labute approximate surface area is 107 Å². The molecule has 1 heterocycles. The Bertz CT molecular complexity index is 556. The fourth-order valence-electron chi connectivity index (χ4n) is 1.61. The normalized spacial score (nSPS) is 17.9. The highest BCUT2D eigenvalue weighted by molar-refractivity contribution is 5.93. The molecule has 100 valence electrons. The van der Waals surface area contributed by atoms with Crippen LogP contribution >= 0.6 is 0 Å². The van der Waals surface area contributed by atoms with Crippen molar-refractivity contribution < 1.29 is 24.0 Å². The molecule has 0 spiro atoms. The van der Waals surface area contributed by atoms with Crippen molar-refractivity contribution in [2.75, 3.05) is 12.3 Å². The first-order chi connectivity index (χ1) is 8.99. The van der Waals surface area contributed by atoms with Crippen LogP contribution in [0.5, 0.6) is 0 Å². The van der Waals surface area contributed by atoms with E-state index in [0.717, 1.165) is 6.07 Å². The van der Waals surface area contributed by atoms with E-state index in [1.807, 2.05) is 0 Å². The number of ether oxygens (including phenoxy) is 2. The zero-order valence-electron chi connectivity index (χ0n) is 9.70. The van der Waals surface area contributed by atoms with Gasteiger partial charge < -0.3 is 15.2 Å². The molecule has 8 nitrogen and oxygen atoms in total. The van der Waals surface area contributed by atoms with E-state index < -0.39 is 23.0 Å². The SMILES string of the molecule is Nc1ccc(C(=O)O[C@H]2CCOC2=O)cc1[N+](=O)[O-]. The molecule has 19 heavy (non-hydrogen) atoms. The number of hydrogen-bond donors (Lipinski definition) is 1. The summed E-state index contributed by atoms with van der Waals surface area (Å²) in [7, 11) is 0. The maximum Gasteiger partial charge on any atom is 0.347 e. The van der Waals surface area contributed by atoms with Gasteiger partial charge in [-0.25, -0.2) is 9.59 Å². The van der Waals surface area contributed by atoms with E-state index in [2.05, 4.69) is 4.74 Å². The molecule has 2 N–H and O–H groups in total. The van der Waals surface area contributed by atoms with Crippen LogP contribution in [0.1, 0.15) is 16.8 Å². The third-order valence-corrected chi connectivity index (χ3v) is 2.60. The van der Waals surface area contributed by atoms with Crippen molar-refractivity contribution in [2.24, 2.45) is 0 Å². The quantitative estimate of drug-likeness (QED) is 0.369. The zero-order chi connectivity index (χ0) is 14.0. The molecular weight excluding hydrogens is 256 g/mol. The molecule has 1 aliphatic heterocycles. The molecule has 2 rings (SSSR count). The number of carbonyl (C=O) groups is 2. The summed E-state index contributed by atoms with van der Waals surface area (Å²) < 4.78 is 9.55. The van der Waals surface area contributed by atoms with Crippen molar-refractivity contribution in [3.05, 3.63) is 33.9 Å². The van der Waals surface area contributed by atoms with Gasteiger partial charge in [0, 0.05) is 12.5 Å². The molecule has 0 amide bonds. The number of cyclic esters (lactones) is 1. The Morgan fingerprint density at radius 3 is 2.84 bits per heavy atom. The summed E-state index contributed by atoms with van der Waals surface area (Å²) in [5.74, 6) is -1.44. The molecule has 0 aromatic heterocycles. The van der Waals surface area contributed by atoms with Crippen molar-refractivity contribution in [1.82, 2.24) is 0 Å². The van der Waals surface area contributed by atoms with Crippen molar-refractivity contribution in [3.63, 3.8) is 0 Å². The van der Waals surface area contributed by atoms with Crippen LogP contribution in [0.3, 0.4) is 0 Å². The molecule has 1 aromatic rings. The number of nitro benzene ring substituents is 1. The lowest BCUT2D eigenvalue weighted by atomic mass is 10.1. The topological polar surface area (TPSA) is 122 Å². The first-order valence-corrected chi connectivity index (χ1v) is 5.40. The van der Waals surface area contributed by atoms with Crippen molar-refractivity contribution in [2.45, 2.75) is 12.5 Å². The van der Waals surface area contributed by atoms with Crippen LogP contribution in [0.25, 0.3) is 0 Å².